The molecule has 2 aromatic heterocycles. The molecule has 0 aliphatic carbocycles. The molecule has 0 bridgehead atoms. The van der Waals surface area contributed by atoms with Crippen LogP contribution in [0.4, 0.5) is 0 Å². The van der Waals surface area contributed by atoms with Crippen molar-refractivity contribution >= 4 is 34.8 Å². The zero-order chi connectivity index (χ0) is 19.2. The third-order valence-electron chi connectivity index (χ3n) is 3.84. The highest BCUT2D eigenvalue weighted by molar-refractivity contribution is 6.34. The Morgan fingerprint density at radius 1 is 1.19 bits per heavy atom. The lowest BCUT2D eigenvalue weighted by atomic mass is 10.1. The number of rotatable bonds is 6. The fourth-order valence-electron chi connectivity index (χ4n) is 2.57. The van der Waals surface area contributed by atoms with E-state index in [0.29, 0.717) is 34.7 Å². The summed E-state index contributed by atoms with van der Waals surface area (Å²) in [5.41, 5.74) is 1.41. The fraction of sp³-hybridized carbons (Fsp3) is 0.278. The Balaban J connectivity index is 1.67. The molecule has 142 valence electrons. The Morgan fingerprint density at radius 2 is 1.96 bits per heavy atom. The normalized spacial score (nSPS) is 13.0. The van der Waals surface area contributed by atoms with Gasteiger partial charge in [0.15, 0.2) is 17.4 Å². The van der Waals surface area contributed by atoms with Crippen molar-refractivity contribution in [3.05, 3.63) is 64.0 Å². The first-order valence-corrected chi connectivity index (χ1v) is 9.27. The number of aliphatic hydroxyl groups is 1. The maximum Gasteiger partial charge on any atom is 0.191 e. The number of halogens is 2. The number of aliphatic hydroxyl groups excluding tert-OH is 1. The summed E-state index contributed by atoms with van der Waals surface area (Å²) < 4.78 is 1.88. The molecule has 0 amide bonds. The number of benzene rings is 1. The van der Waals surface area contributed by atoms with Crippen LogP contribution in [0.25, 0.3) is 5.65 Å². The molecule has 0 fully saturated rings. The van der Waals surface area contributed by atoms with Gasteiger partial charge in [-0.15, -0.1) is 10.2 Å². The number of aromatic nitrogens is 3. The van der Waals surface area contributed by atoms with Crippen molar-refractivity contribution in [1.82, 2.24) is 25.2 Å². The van der Waals surface area contributed by atoms with E-state index in [1.807, 2.05) is 35.7 Å². The van der Waals surface area contributed by atoms with Crippen LogP contribution in [0, 0.1) is 0 Å². The molecule has 3 rings (SSSR count). The summed E-state index contributed by atoms with van der Waals surface area (Å²) in [5.74, 6) is 1.29. The van der Waals surface area contributed by atoms with Gasteiger partial charge in [0, 0.05) is 29.3 Å². The highest BCUT2D eigenvalue weighted by Gasteiger charge is 2.11. The van der Waals surface area contributed by atoms with Crippen molar-refractivity contribution in [1.29, 1.82) is 0 Å². The molecule has 2 heterocycles. The van der Waals surface area contributed by atoms with Gasteiger partial charge in [-0.3, -0.25) is 4.40 Å². The van der Waals surface area contributed by atoms with Gasteiger partial charge in [0.1, 0.15) is 6.54 Å². The van der Waals surface area contributed by atoms with Crippen molar-refractivity contribution in [3.8, 4) is 0 Å². The van der Waals surface area contributed by atoms with E-state index in [0.717, 1.165) is 11.5 Å². The zero-order valence-corrected chi connectivity index (χ0v) is 16.2. The van der Waals surface area contributed by atoms with E-state index in [9.17, 15) is 5.11 Å². The minimum atomic E-state index is -0.779. The molecule has 7 nitrogen and oxygen atoms in total. The molecule has 0 aliphatic heterocycles. The number of nitrogens with one attached hydrogen (secondary N) is 2. The standard InChI is InChI=1S/C18H20Cl2N6O/c1-2-21-18(22-10-15(27)12-7-13(19)9-14(20)8-12)23-11-17-25-24-16-5-3-4-6-26(16)17/h3-9,15,27H,2,10-11H2,1H3,(H2,21,22,23). The first kappa shape index (κ1) is 19.4. The third-order valence-corrected chi connectivity index (χ3v) is 4.28. The van der Waals surface area contributed by atoms with Crippen molar-refractivity contribution in [2.75, 3.05) is 13.1 Å². The highest BCUT2D eigenvalue weighted by atomic mass is 35.5. The van der Waals surface area contributed by atoms with E-state index >= 15 is 0 Å². The maximum absolute atomic E-state index is 10.4. The molecule has 0 aliphatic rings. The van der Waals surface area contributed by atoms with Crippen LogP contribution in [0.2, 0.25) is 10.0 Å². The summed E-state index contributed by atoms with van der Waals surface area (Å²) in [4.78, 5) is 4.51. The lowest BCUT2D eigenvalue weighted by molar-refractivity contribution is 0.181. The predicted octanol–water partition coefficient (Wildman–Crippen LogP) is 2.82. The zero-order valence-electron chi connectivity index (χ0n) is 14.7. The van der Waals surface area contributed by atoms with Gasteiger partial charge in [-0.25, -0.2) is 4.99 Å². The van der Waals surface area contributed by atoms with E-state index in [-0.39, 0.29) is 6.54 Å². The van der Waals surface area contributed by atoms with Crippen molar-refractivity contribution in [2.24, 2.45) is 4.99 Å². The molecular weight excluding hydrogens is 387 g/mol. The topological polar surface area (TPSA) is 86.8 Å². The Hall–Kier alpha value is -2.35. The van der Waals surface area contributed by atoms with Crippen LogP contribution < -0.4 is 10.6 Å². The second-order valence-electron chi connectivity index (χ2n) is 5.84. The summed E-state index contributed by atoms with van der Waals surface area (Å²) >= 11 is 12.0. The maximum atomic E-state index is 10.4. The van der Waals surface area contributed by atoms with Gasteiger partial charge in [0.05, 0.1) is 6.10 Å². The smallest absolute Gasteiger partial charge is 0.191 e. The van der Waals surface area contributed by atoms with E-state index in [1.54, 1.807) is 18.2 Å². The number of hydrogen-bond acceptors (Lipinski definition) is 4. The third kappa shape index (κ3) is 5.09. The first-order valence-electron chi connectivity index (χ1n) is 8.51. The number of nitrogens with zero attached hydrogens (tertiary/aromatic N) is 4. The summed E-state index contributed by atoms with van der Waals surface area (Å²) in [6.45, 7) is 3.25. The Labute approximate surface area is 167 Å². The average Bonchev–Trinajstić information content (AvgIpc) is 3.06. The van der Waals surface area contributed by atoms with Gasteiger partial charge in [-0.1, -0.05) is 29.3 Å². The van der Waals surface area contributed by atoms with Gasteiger partial charge >= 0.3 is 0 Å². The molecule has 0 saturated carbocycles. The summed E-state index contributed by atoms with van der Waals surface area (Å²) in [5, 5.41) is 25.9. The quantitative estimate of drug-likeness (QED) is 0.432. The Kier molecular flexibility index (Phi) is 6.49. The second-order valence-corrected chi connectivity index (χ2v) is 6.71. The minimum absolute atomic E-state index is 0.253. The summed E-state index contributed by atoms with van der Waals surface area (Å²) in [6, 6.07) is 10.7. The molecular formula is C18H20Cl2N6O. The highest BCUT2D eigenvalue weighted by Crippen LogP contribution is 2.23. The van der Waals surface area contributed by atoms with E-state index in [1.165, 1.54) is 0 Å². The van der Waals surface area contributed by atoms with E-state index in [4.69, 9.17) is 23.2 Å². The number of aliphatic imine (C=N–C) groups is 1. The number of fused-ring (bicyclic) bond motifs is 1. The monoisotopic (exact) mass is 406 g/mol. The average molecular weight is 407 g/mol. The Bertz CT molecular complexity index is 922. The molecule has 3 N–H and O–H groups in total. The molecule has 3 aromatic rings. The first-order chi connectivity index (χ1) is 13.1. The molecule has 1 aromatic carbocycles. The lowest BCUT2D eigenvalue weighted by Gasteiger charge is -2.16. The van der Waals surface area contributed by atoms with Gasteiger partial charge in [-0.2, -0.15) is 0 Å². The molecule has 1 unspecified atom stereocenters. The van der Waals surface area contributed by atoms with Crippen LogP contribution in [-0.4, -0.2) is 38.8 Å². The van der Waals surface area contributed by atoms with Gasteiger partial charge < -0.3 is 15.7 Å². The van der Waals surface area contributed by atoms with E-state index in [2.05, 4.69) is 25.8 Å². The SMILES string of the molecule is CCNC(=NCc1nnc2ccccn12)NCC(O)c1cc(Cl)cc(Cl)c1. The molecule has 0 spiro atoms. The lowest BCUT2D eigenvalue weighted by Crippen LogP contribution is -2.39. The fourth-order valence-corrected chi connectivity index (χ4v) is 3.11. The van der Waals surface area contributed by atoms with Crippen LogP contribution in [0.15, 0.2) is 47.6 Å². The molecule has 1 atom stereocenters. The largest absolute Gasteiger partial charge is 0.387 e. The summed E-state index contributed by atoms with van der Waals surface area (Å²) in [6.07, 6.45) is 1.12. The van der Waals surface area contributed by atoms with Crippen LogP contribution in [0.1, 0.15) is 24.4 Å². The molecule has 9 heteroatoms. The minimum Gasteiger partial charge on any atom is -0.387 e. The number of hydrogen-bond donors (Lipinski definition) is 3. The van der Waals surface area contributed by atoms with Crippen molar-refractivity contribution < 1.29 is 5.11 Å². The van der Waals surface area contributed by atoms with Crippen LogP contribution in [0.3, 0.4) is 0 Å². The molecule has 27 heavy (non-hydrogen) atoms. The van der Waals surface area contributed by atoms with Gasteiger partial charge in [-0.05, 0) is 42.8 Å². The molecule has 0 saturated heterocycles. The van der Waals surface area contributed by atoms with Gasteiger partial charge in [0.25, 0.3) is 0 Å². The second kappa shape index (κ2) is 9.03. The van der Waals surface area contributed by atoms with Crippen LogP contribution in [0.5, 0.6) is 0 Å². The number of pyridine rings is 1. The molecule has 0 radical (unpaired) electrons. The predicted molar refractivity (Wildman–Crippen MR) is 107 cm³/mol. The van der Waals surface area contributed by atoms with Crippen LogP contribution in [-0.2, 0) is 6.54 Å². The Morgan fingerprint density at radius 3 is 2.70 bits per heavy atom. The summed E-state index contributed by atoms with van der Waals surface area (Å²) in [7, 11) is 0. The van der Waals surface area contributed by atoms with Crippen molar-refractivity contribution in [2.45, 2.75) is 19.6 Å². The van der Waals surface area contributed by atoms with Gasteiger partial charge in [0.2, 0.25) is 0 Å². The van der Waals surface area contributed by atoms with E-state index < -0.39 is 6.10 Å². The van der Waals surface area contributed by atoms with Crippen LogP contribution >= 0.6 is 23.2 Å². The van der Waals surface area contributed by atoms with Crippen molar-refractivity contribution in [3.63, 3.8) is 0 Å². The number of guanidine groups is 1.